The second-order valence-corrected chi connectivity index (χ2v) is 5.68. The first kappa shape index (κ1) is 14.0. The lowest BCUT2D eigenvalue weighted by Gasteiger charge is -2.07. The average molecular weight is 318 g/mol. The molecule has 5 heteroatoms. The molecule has 106 valence electrons. The molecular weight excluding hydrogens is 305 g/mol. The molecule has 3 N–H and O–H groups in total. The van der Waals surface area contributed by atoms with E-state index in [0.717, 1.165) is 33.0 Å². The quantitative estimate of drug-likeness (QED) is 0.703. The van der Waals surface area contributed by atoms with Crippen LogP contribution in [0.4, 0.5) is 5.82 Å². The molecule has 3 aromatic rings. The summed E-state index contributed by atoms with van der Waals surface area (Å²) >= 11 is 12.2. The van der Waals surface area contributed by atoms with Crippen LogP contribution in [0.1, 0.15) is 5.56 Å². The number of nitrogen functional groups attached to an aromatic ring is 1. The first-order chi connectivity index (χ1) is 10.1. The van der Waals surface area contributed by atoms with Gasteiger partial charge in [-0.2, -0.15) is 5.10 Å². The highest BCUT2D eigenvalue weighted by atomic mass is 35.5. The Bertz CT molecular complexity index is 809. The summed E-state index contributed by atoms with van der Waals surface area (Å²) in [6, 6.07) is 13.4. The SMILES string of the molecule is Cc1cc(-c2[nH]nc(N)c2-c2cccc(Cl)c2)ccc1Cl. The Kier molecular flexibility index (Phi) is 3.62. The lowest BCUT2D eigenvalue weighted by Crippen LogP contribution is -1.89. The Morgan fingerprint density at radius 3 is 2.57 bits per heavy atom. The summed E-state index contributed by atoms with van der Waals surface area (Å²) in [6.45, 7) is 1.96. The second kappa shape index (κ2) is 5.43. The molecule has 0 aliphatic rings. The molecule has 3 nitrogen and oxygen atoms in total. The van der Waals surface area contributed by atoms with Crippen molar-refractivity contribution >= 4 is 29.0 Å². The zero-order valence-electron chi connectivity index (χ0n) is 11.3. The molecule has 0 saturated carbocycles. The largest absolute Gasteiger partial charge is 0.382 e. The Labute approximate surface area is 132 Å². The monoisotopic (exact) mass is 317 g/mol. The van der Waals surface area contributed by atoms with E-state index in [1.807, 2.05) is 49.4 Å². The molecule has 0 saturated heterocycles. The number of aromatic nitrogens is 2. The van der Waals surface area contributed by atoms with E-state index in [0.29, 0.717) is 10.8 Å². The summed E-state index contributed by atoms with van der Waals surface area (Å²) < 4.78 is 0. The van der Waals surface area contributed by atoms with Crippen LogP contribution in [-0.4, -0.2) is 10.2 Å². The van der Waals surface area contributed by atoms with E-state index in [9.17, 15) is 0 Å². The van der Waals surface area contributed by atoms with Gasteiger partial charge < -0.3 is 5.73 Å². The molecule has 1 heterocycles. The van der Waals surface area contributed by atoms with Crippen LogP contribution in [-0.2, 0) is 0 Å². The van der Waals surface area contributed by atoms with E-state index >= 15 is 0 Å². The molecule has 0 spiro atoms. The first-order valence-electron chi connectivity index (χ1n) is 6.42. The minimum absolute atomic E-state index is 0.444. The maximum Gasteiger partial charge on any atom is 0.153 e. The topological polar surface area (TPSA) is 54.7 Å². The summed E-state index contributed by atoms with van der Waals surface area (Å²) in [5.41, 5.74) is 10.6. The van der Waals surface area contributed by atoms with E-state index in [1.165, 1.54) is 0 Å². The molecular formula is C16H13Cl2N3. The Balaban J connectivity index is 2.19. The van der Waals surface area contributed by atoms with Crippen molar-refractivity contribution in [1.82, 2.24) is 10.2 Å². The van der Waals surface area contributed by atoms with E-state index in [1.54, 1.807) is 0 Å². The van der Waals surface area contributed by atoms with Crippen molar-refractivity contribution in [3.05, 3.63) is 58.1 Å². The van der Waals surface area contributed by atoms with Gasteiger partial charge in [-0.1, -0.05) is 41.4 Å². The normalized spacial score (nSPS) is 10.8. The summed E-state index contributed by atoms with van der Waals surface area (Å²) in [7, 11) is 0. The van der Waals surface area contributed by atoms with Crippen LogP contribution in [0, 0.1) is 6.92 Å². The van der Waals surface area contributed by atoms with Crippen molar-refractivity contribution in [2.75, 3.05) is 5.73 Å². The third-order valence-electron chi connectivity index (χ3n) is 3.35. The van der Waals surface area contributed by atoms with Crippen molar-refractivity contribution in [3.63, 3.8) is 0 Å². The minimum atomic E-state index is 0.444. The van der Waals surface area contributed by atoms with Gasteiger partial charge in [-0.25, -0.2) is 0 Å². The molecule has 0 aliphatic carbocycles. The van der Waals surface area contributed by atoms with Crippen LogP contribution >= 0.6 is 23.2 Å². The van der Waals surface area contributed by atoms with Crippen molar-refractivity contribution in [1.29, 1.82) is 0 Å². The maximum absolute atomic E-state index is 6.08. The number of H-pyrrole nitrogens is 1. The van der Waals surface area contributed by atoms with E-state index < -0.39 is 0 Å². The fraction of sp³-hybridized carbons (Fsp3) is 0.0625. The molecule has 21 heavy (non-hydrogen) atoms. The summed E-state index contributed by atoms with van der Waals surface area (Å²) in [4.78, 5) is 0. The molecule has 0 fully saturated rings. The lowest BCUT2D eigenvalue weighted by atomic mass is 10.00. The zero-order valence-corrected chi connectivity index (χ0v) is 12.8. The van der Waals surface area contributed by atoms with Gasteiger partial charge in [-0.05, 0) is 42.3 Å². The number of anilines is 1. The van der Waals surface area contributed by atoms with Gasteiger partial charge in [0.1, 0.15) is 0 Å². The number of hydrogen-bond donors (Lipinski definition) is 2. The number of aryl methyl sites for hydroxylation is 1. The maximum atomic E-state index is 6.08. The smallest absolute Gasteiger partial charge is 0.153 e. The van der Waals surface area contributed by atoms with Crippen molar-refractivity contribution < 1.29 is 0 Å². The van der Waals surface area contributed by atoms with Crippen LogP contribution in [0.3, 0.4) is 0 Å². The number of rotatable bonds is 2. The highest BCUT2D eigenvalue weighted by Gasteiger charge is 2.15. The summed E-state index contributed by atoms with van der Waals surface area (Å²) in [6.07, 6.45) is 0. The average Bonchev–Trinajstić information content (AvgIpc) is 2.84. The number of nitrogens with two attached hydrogens (primary N) is 1. The first-order valence-corrected chi connectivity index (χ1v) is 7.18. The number of hydrogen-bond acceptors (Lipinski definition) is 2. The van der Waals surface area contributed by atoms with Gasteiger partial charge in [0.15, 0.2) is 5.82 Å². The van der Waals surface area contributed by atoms with E-state index in [4.69, 9.17) is 28.9 Å². The molecule has 3 rings (SSSR count). The van der Waals surface area contributed by atoms with E-state index in [2.05, 4.69) is 10.2 Å². The Hall–Kier alpha value is -1.97. The van der Waals surface area contributed by atoms with Crippen molar-refractivity contribution in [2.45, 2.75) is 6.92 Å². The van der Waals surface area contributed by atoms with Gasteiger partial charge in [-0.3, -0.25) is 5.10 Å². The molecule has 0 atom stereocenters. The van der Waals surface area contributed by atoms with Gasteiger partial charge in [0.25, 0.3) is 0 Å². The van der Waals surface area contributed by atoms with Crippen LogP contribution < -0.4 is 5.73 Å². The van der Waals surface area contributed by atoms with Gasteiger partial charge in [0, 0.05) is 15.6 Å². The van der Waals surface area contributed by atoms with Crippen LogP contribution in [0.25, 0.3) is 22.4 Å². The summed E-state index contributed by atoms with van der Waals surface area (Å²) in [5.74, 6) is 0.444. The van der Waals surface area contributed by atoms with Crippen molar-refractivity contribution in [3.8, 4) is 22.4 Å². The third-order valence-corrected chi connectivity index (χ3v) is 4.01. The second-order valence-electron chi connectivity index (χ2n) is 4.83. The van der Waals surface area contributed by atoms with E-state index in [-0.39, 0.29) is 0 Å². The molecule has 2 aromatic carbocycles. The number of nitrogens with zero attached hydrogens (tertiary/aromatic N) is 1. The number of benzene rings is 2. The Morgan fingerprint density at radius 1 is 1.05 bits per heavy atom. The molecule has 0 amide bonds. The van der Waals surface area contributed by atoms with Crippen molar-refractivity contribution in [2.24, 2.45) is 0 Å². The number of aromatic amines is 1. The summed E-state index contributed by atoms with van der Waals surface area (Å²) in [5, 5.41) is 8.51. The number of halogens is 2. The zero-order chi connectivity index (χ0) is 15.0. The predicted octanol–water partition coefficient (Wildman–Crippen LogP) is 4.94. The highest BCUT2D eigenvalue weighted by molar-refractivity contribution is 6.31. The lowest BCUT2D eigenvalue weighted by molar-refractivity contribution is 1.10. The highest BCUT2D eigenvalue weighted by Crippen LogP contribution is 2.36. The number of nitrogens with one attached hydrogen (secondary N) is 1. The van der Waals surface area contributed by atoms with Gasteiger partial charge in [0.05, 0.1) is 11.3 Å². The molecule has 0 radical (unpaired) electrons. The van der Waals surface area contributed by atoms with Gasteiger partial charge >= 0.3 is 0 Å². The molecule has 0 unspecified atom stereocenters. The van der Waals surface area contributed by atoms with Crippen LogP contribution in [0.15, 0.2) is 42.5 Å². The fourth-order valence-corrected chi connectivity index (χ4v) is 2.61. The minimum Gasteiger partial charge on any atom is -0.382 e. The van der Waals surface area contributed by atoms with Crippen LogP contribution in [0.5, 0.6) is 0 Å². The van der Waals surface area contributed by atoms with Gasteiger partial charge in [0.2, 0.25) is 0 Å². The Morgan fingerprint density at radius 2 is 1.86 bits per heavy atom. The fourth-order valence-electron chi connectivity index (χ4n) is 2.30. The molecule has 0 aliphatic heterocycles. The third kappa shape index (κ3) is 2.62. The molecule has 0 bridgehead atoms. The van der Waals surface area contributed by atoms with Crippen LogP contribution in [0.2, 0.25) is 10.0 Å². The standard InChI is InChI=1S/C16H13Cl2N3/c1-9-7-11(5-6-13(9)18)15-14(16(19)21-20-15)10-3-2-4-12(17)8-10/h2-8H,1H3,(H3,19,20,21). The predicted molar refractivity (Wildman–Crippen MR) is 88.6 cm³/mol. The van der Waals surface area contributed by atoms with Gasteiger partial charge in [-0.15, -0.1) is 0 Å². The molecule has 1 aromatic heterocycles.